The van der Waals surface area contributed by atoms with Crippen LogP contribution in [0.2, 0.25) is 19.1 Å². The third kappa shape index (κ3) is 4.78. The van der Waals surface area contributed by atoms with Crippen LogP contribution in [0.1, 0.15) is 13.8 Å². The van der Waals surface area contributed by atoms with Crippen LogP contribution >= 0.6 is 0 Å². The maximum Gasteiger partial charge on any atom is 0.520 e. The van der Waals surface area contributed by atoms with Gasteiger partial charge < -0.3 is 12.3 Å². The van der Waals surface area contributed by atoms with Crippen LogP contribution in [-0.2, 0) is 12.3 Å². The Bertz CT molecular complexity index is 225. The third-order valence-electron chi connectivity index (χ3n) is 1.70. The first-order valence-corrected chi connectivity index (χ1v) is 10.8. The summed E-state index contributed by atoms with van der Waals surface area (Å²) in [5, 5.41) is 0. The minimum absolute atomic E-state index is 0.0740. The number of rotatable bonds is 2. The van der Waals surface area contributed by atoms with Crippen molar-refractivity contribution >= 4 is 27.1 Å². The molecule has 0 N–H and O–H groups in total. The highest BCUT2D eigenvalue weighted by Gasteiger charge is 2.55. The highest BCUT2D eigenvalue weighted by atomic mass is 28.5. The lowest BCUT2D eigenvalue weighted by Crippen LogP contribution is -2.59. The molecule has 0 saturated carbocycles. The Hall–Kier alpha value is 0.321. The van der Waals surface area contributed by atoms with E-state index >= 15 is 0 Å². The minimum atomic E-state index is -3.93. The van der Waals surface area contributed by atoms with Crippen LogP contribution in [0.15, 0.2) is 0 Å². The lowest BCUT2D eigenvalue weighted by molar-refractivity contribution is 0.159. The zero-order valence-corrected chi connectivity index (χ0v) is 12.3. The van der Waals surface area contributed by atoms with Gasteiger partial charge in [-0.1, -0.05) is 0 Å². The summed E-state index contributed by atoms with van der Waals surface area (Å²) in [6.07, 6.45) is 0. The number of hydrogen-bond donors (Lipinski definition) is 0. The first-order valence-electron chi connectivity index (χ1n) is 4.62. The quantitative estimate of drug-likeness (QED) is 0.571. The zero-order valence-electron chi connectivity index (χ0n) is 9.14. The van der Waals surface area contributed by atoms with Gasteiger partial charge in [-0.3, -0.25) is 0 Å². The average molecular weight is 276 g/mol. The number of alkyl halides is 1. The molecule has 1 fully saturated rings. The molecule has 1 aliphatic heterocycles. The molecule has 0 aliphatic carbocycles. The molecule has 0 aromatic rings. The van der Waals surface area contributed by atoms with Gasteiger partial charge in [0.25, 0.3) is 0 Å². The molecule has 2 unspecified atom stereocenters. The van der Waals surface area contributed by atoms with Crippen molar-refractivity contribution in [1.82, 2.24) is 0 Å². The molecule has 1 aliphatic rings. The maximum atomic E-state index is 13.5. The molecule has 0 spiro atoms. The van der Waals surface area contributed by atoms with Gasteiger partial charge >= 0.3 is 27.1 Å². The largest absolute Gasteiger partial charge is 0.520 e. The lowest BCUT2D eigenvalue weighted by atomic mass is 10.2. The standard InChI is InChI=1S/C6H15F3O3Si3/c1-6(2,7)5-13-10-14(3,8)12-15(4,9)11-13/h13H,5H2,1-4H3. The summed E-state index contributed by atoms with van der Waals surface area (Å²) in [5.74, 6) is 0. The van der Waals surface area contributed by atoms with Gasteiger partial charge in [0.05, 0.1) is 0 Å². The van der Waals surface area contributed by atoms with E-state index in [1.807, 2.05) is 0 Å². The Morgan fingerprint density at radius 3 is 1.87 bits per heavy atom. The number of hydrogen-bond acceptors (Lipinski definition) is 3. The van der Waals surface area contributed by atoms with Crippen molar-refractivity contribution in [3.8, 4) is 0 Å². The Morgan fingerprint density at radius 2 is 1.53 bits per heavy atom. The molecule has 3 nitrogen and oxygen atoms in total. The molecule has 9 heteroatoms. The minimum Gasteiger partial charge on any atom is -0.393 e. The highest BCUT2D eigenvalue weighted by molar-refractivity contribution is 6.83. The van der Waals surface area contributed by atoms with Crippen molar-refractivity contribution in [1.29, 1.82) is 0 Å². The summed E-state index contributed by atoms with van der Waals surface area (Å²) in [7, 11) is -10.5. The van der Waals surface area contributed by atoms with E-state index in [9.17, 15) is 12.6 Å². The van der Waals surface area contributed by atoms with E-state index in [0.29, 0.717) is 0 Å². The van der Waals surface area contributed by atoms with Crippen LogP contribution in [0.25, 0.3) is 0 Å². The average Bonchev–Trinajstić information content (AvgIpc) is 1.70. The van der Waals surface area contributed by atoms with Crippen LogP contribution < -0.4 is 0 Å². The topological polar surface area (TPSA) is 27.7 Å². The molecular formula is C6H15F3O3Si3. The van der Waals surface area contributed by atoms with E-state index in [2.05, 4.69) is 4.12 Å². The van der Waals surface area contributed by atoms with Crippen molar-refractivity contribution in [2.75, 3.05) is 0 Å². The van der Waals surface area contributed by atoms with E-state index in [4.69, 9.17) is 8.23 Å². The molecule has 0 bridgehead atoms. The molecule has 15 heavy (non-hydrogen) atoms. The summed E-state index contributed by atoms with van der Waals surface area (Å²) in [6.45, 7) is 4.87. The Labute approximate surface area is 91.2 Å². The summed E-state index contributed by atoms with van der Waals surface area (Å²) >= 11 is 0. The first-order chi connectivity index (χ1) is 6.49. The molecule has 0 aromatic heterocycles. The van der Waals surface area contributed by atoms with Crippen LogP contribution in [0.3, 0.4) is 0 Å². The summed E-state index contributed by atoms with van der Waals surface area (Å²) in [5.41, 5.74) is -1.54. The first kappa shape index (κ1) is 13.4. The van der Waals surface area contributed by atoms with Gasteiger partial charge in [0.15, 0.2) is 0 Å². The van der Waals surface area contributed by atoms with Gasteiger partial charge in [-0.2, -0.15) is 0 Å². The molecule has 90 valence electrons. The molecule has 0 aromatic carbocycles. The fraction of sp³-hybridized carbons (Fsp3) is 1.00. The smallest absolute Gasteiger partial charge is 0.393 e. The predicted molar refractivity (Wildman–Crippen MR) is 55.9 cm³/mol. The maximum absolute atomic E-state index is 13.5. The zero-order chi connectivity index (χ0) is 11.9. The van der Waals surface area contributed by atoms with Gasteiger partial charge in [-0.15, -0.1) is 0 Å². The molecular weight excluding hydrogens is 261 g/mol. The van der Waals surface area contributed by atoms with Crippen molar-refractivity contribution in [2.24, 2.45) is 0 Å². The van der Waals surface area contributed by atoms with E-state index in [-0.39, 0.29) is 6.04 Å². The monoisotopic (exact) mass is 276 g/mol. The van der Waals surface area contributed by atoms with Crippen molar-refractivity contribution < 1.29 is 25.0 Å². The third-order valence-corrected chi connectivity index (χ3v) is 11.4. The molecule has 1 saturated heterocycles. The van der Waals surface area contributed by atoms with Gasteiger partial charge in [-0.25, -0.2) is 12.6 Å². The fourth-order valence-electron chi connectivity index (χ4n) is 1.35. The lowest BCUT2D eigenvalue weighted by Gasteiger charge is -2.37. The second-order valence-corrected chi connectivity index (χ2v) is 11.7. The Morgan fingerprint density at radius 1 is 1.13 bits per heavy atom. The Kier molecular flexibility index (Phi) is 3.54. The van der Waals surface area contributed by atoms with E-state index in [1.54, 1.807) is 0 Å². The SMILES string of the molecule is CC(C)(F)C[SiH]1O[Si](C)(F)O[Si](C)(F)O1. The van der Waals surface area contributed by atoms with E-state index in [0.717, 1.165) is 13.1 Å². The second kappa shape index (κ2) is 3.96. The van der Waals surface area contributed by atoms with Gasteiger partial charge in [0.2, 0.25) is 0 Å². The fourth-order valence-corrected chi connectivity index (χ4v) is 11.0. The molecule has 0 radical (unpaired) electrons. The van der Waals surface area contributed by atoms with Gasteiger partial charge in [0, 0.05) is 19.1 Å². The normalized spacial score (nSPS) is 43.0. The van der Waals surface area contributed by atoms with Gasteiger partial charge in [-0.05, 0) is 13.8 Å². The number of halogens is 3. The van der Waals surface area contributed by atoms with Crippen molar-refractivity contribution in [3.05, 3.63) is 0 Å². The second-order valence-electron chi connectivity index (χ2n) is 4.36. The predicted octanol–water partition coefficient (Wildman–Crippen LogP) is 2.09. The van der Waals surface area contributed by atoms with Crippen LogP contribution in [0.5, 0.6) is 0 Å². The molecule has 1 rings (SSSR count). The van der Waals surface area contributed by atoms with Crippen LogP contribution in [-0.4, -0.2) is 32.7 Å². The Balaban J connectivity index is 2.68. The molecule has 2 atom stereocenters. The summed E-state index contributed by atoms with van der Waals surface area (Å²) in [6, 6.07) is -0.0740. The summed E-state index contributed by atoms with van der Waals surface area (Å²) < 4.78 is 54.7. The van der Waals surface area contributed by atoms with E-state index in [1.165, 1.54) is 13.8 Å². The molecule has 0 amide bonds. The van der Waals surface area contributed by atoms with E-state index < -0.39 is 32.7 Å². The highest BCUT2D eigenvalue weighted by Crippen LogP contribution is 2.30. The van der Waals surface area contributed by atoms with Crippen molar-refractivity contribution in [3.63, 3.8) is 0 Å². The van der Waals surface area contributed by atoms with Crippen LogP contribution in [0.4, 0.5) is 12.6 Å². The van der Waals surface area contributed by atoms with Gasteiger partial charge in [0.1, 0.15) is 5.67 Å². The van der Waals surface area contributed by atoms with Crippen LogP contribution in [0, 0.1) is 0 Å². The summed E-state index contributed by atoms with van der Waals surface area (Å²) in [4.78, 5) is 0. The molecule has 1 heterocycles. The van der Waals surface area contributed by atoms with Crippen molar-refractivity contribution in [2.45, 2.75) is 38.7 Å².